The predicted molar refractivity (Wildman–Crippen MR) is 74.4 cm³/mol. The van der Waals surface area contributed by atoms with Gasteiger partial charge < -0.3 is 14.0 Å². The van der Waals surface area contributed by atoms with Gasteiger partial charge in [-0.2, -0.15) is 0 Å². The van der Waals surface area contributed by atoms with Gasteiger partial charge in [0.15, 0.2) is 0 Å². The molecule has 5 nitrogen and oxygen atoms in total. The first-order valence-electron chi connectivity index (χ1n) is 7.54. The zero-order valence-corrected chi connectivity index (χ0v) is 12.4. The average Bonchev–Trinajstić information content (AvgIpc) is 3.09. The number of methoxy groups -OCH3 is 1. The summed E-state index contributed by atoms with van der Waals surface area (Å²) in [5, 5.41) is 3.88. The van der Waals surface area contributed by atoms with Gasteiger partial charge in [-0.25, -0.2) is 0 Å². The molecule has 2 aliphatic rings. The zero-order chi connectivity index (χ0) is 13.9. The van der Waals surface area contributed by atoms with E-state index in [0.717, 1.165) is 32.1 Å². The zero-order valence-electron chi connectivity index (χ0n) is 12.4. The normalized spacial score (nSPS) is 31.8. The van der Waals surface area contributed by atoms with Crippen molar-refractivity contribution in [3.63, 3.8) is 0 Å². The van der Waals surface area contributed by atoms with Gasteiger partial charge in [0.1, 0.15) is 5.76 Å². The smallest absolute Gasteiger partial charge is 0.138 e. The summed E-state index contributed by atoms with van der Waals surface area (Å²) < 4.78 is 16.6. The molecule has 1 aromatic rings. The van der Waals surface area contributed by atoms with Crippen LogP contribution in [0.5, 0.6) is 0 Å². The summed E-state index contributed by atoms with van der Waals surface area (Å²) in [5.41, 5.74) is 1.18. The van der Waals surface area contributed by atoms with Gasteiger partial charge in [0.2, 0.25) is 0 Å². The van der Waals surface area contributed by atoms with Crippen molar-refractivity contribution in [3.05, 3.63) is 17.5 Å². The molecule has 5 heteroatoms. The van der Waals surface area contributed by atoms with Crippen molar-refractivity contribution in [1.29, 1.82) is 0 Å². The highest BCUT2D eigenvalue weighted by atomic mass is 16.5. The Morgan fingerprint density at radius 1 is 1.45 bits per heavy atom. The van der Waals surface area contributed by atoms with Gasteiger partial charge in [0, 0.05) is 37.7 Å². The molecular formula is C15H24N2O3. The van der Waals surface area contributed by atoms with E-state index in [9.17, 15) is 0 Å². The maximum atomic E-state index is 5.73. The van der Waals surface area contributed by atoms with Crippen LogP contribution in [-0.4, -0.2) is 49.1 Å². The van der Waals surface area contributed by atoms with Crippen LogP contribution in [0.1, 0.15) is 30.6 Å². The van der Waals surface area contributed by atoms with Crippen LogP contribution < -0.4 is 0 Å². The summed E-state index contributed by atoms with van der Waals surface area (Å²) in [6.45, 7) is 5.48. The van der Waals surface area contributed by atoms with Gasteiger partial charge >= 0.3 is 0 Å². The van der Waals surface area contributed by atoms with Crippen LogP contribution in [0.4, 0.5) is 0 Å². The lowest BCUT2D eigenvalue weighted by atomic mass is 9.93. The Morgan fingerprint density at radius 2 is 2.35 bits per heavy atom. The molecule has 2 fully saturated rings. The average molecular weight is 280 g/mol. The van der Waals surface area contributed by atoms with E-state index in [1.165, 1.54) is 24.8 Å². The SMILES string of the molecule is CO[C@@H]1CCC[C@@H]1[C@@H]1COCCN1Cc1cnoc1C. The Labute approximate surface area is 120 Å². The summed E-state index contributed by atoms with van der Waals surface area (Å²) in [6.07, 6.45) is 5.90. The standard InChI is InChI=1S/C15H24N2O3/c1-11-12(8-16-20-11)9-17-6-7-19-10-14(17)13-4-3-5-15(13)18-2/h8,13-15H,3-7,9-10H2,1-2H3/t13-,14+,15-/m1/s1. The Bertz CT molecular complexity index is 435. The fourth-order valence-electron chi connectivity index (χ4n) is 3.62. The monoisotopic (exact) mass is 280 g/mol. The highest BCUT2D eigenvalue weighted by Crippen LogP contribution is 2.34. The second-order valence-corrected chi connectivity index (χ2v) is 5.89. The Balaban J connectivity index is 1.72. The molecule has 0 spiro atoms. The molecular weight excluding hydrogens is 256 g/mol. The lowest BCUT2D eigenvalue weighted by Crippen LogP contribution is -2.50. The van der Waals surface area contributed by atoms with Gasteiger partial charge in [-0.05, 0) is 19.8 Å². The second-order valence-electron chi connectivity index (χ2n) is 5.89. The van der Waals surface area contributed by atoms with Gasteiger partial charge in [0.05, 0.1) is 25.5 Å². The summed E-state index contributed by atoms with van der Waals surface area (Å²) in [7, 11) is 1.83. The highest BCUT2D eigenvalue weighted by Gasteiger charge is 2.38. The van der Waals surface area contributed by atoms with E-state index in [4.69, 9.17) is 14.0 Å². The van der Waals surface area contributed by atoms with Gasteiger partial charge in [-0.3, -0.25) is 4.90 Å². The Kier molecular flexibility index (Phi) is 4.38. The predicted octanol–water partition coefficient (Wildman–Crippen LogP) is 2.00. The fraction of sp³-hybridized carbons (Fsp3) is 0.800. The molecule has 1 saturated carbocycles. The van der Waals surface area contributed by atoms with E-state index < -0.39 is 0 Å². The third-order valence-electron chi connectivity index (χ3n) is 4.80. The first-order chi connectivity index (χ1) is 9.79. The molecule has 3 rings (SSSR count). The molecule has 1 saturated heterocycles. The molecule has 1 aliphatic heterocycles. The van der Waals surface area contributed by atoms with Gasteiger partial charge in [-0.1, -0.05) is 11.6 Å². The van der Waals surface area contributed by atoms with E-state index in [0.29, 0.717) is 18.1 Å². The minimum absolute atomic E-state index is 0.382. The number of hydrogen-bond donors (Lipinski definition) is 0. The molecule has 1 aliphatic carbocycles. The quantitative estimate of drug-likeness (QED) is 0.844. The summed E-state index contributed by atoms with van der Waals surface area (Å²) in [6, 6.07) is 0.450. The van der Waals surface area contributed by atoms with Crippen LogP contribution in [0, 0.1) is 12.8 Å². The number of hydrogen-bond acceptors (Lipinski definition) is 5. The summed E-state index contributed by atoms with van der Waals surface area (Å²) in [4.78, 5) is 2.52. The number of nitrogens with zero attached hydrogens (tertiary/aromatic N) is 2. The van der Waals surface area contributed by atoms with Crippen molar-refractivity contribution < 1.29 is 14.0 Å². The van der Waals surface area contributed by atoms with E-state index in [1.54, 1.807) is 0 Å². The number of aromatic nitrogens is 1. The van der Waals surface area contributed by atoms with Crippen molar-refractivity contribution in [3.8, 4) is 0 Å². The molecule has 1 aromatic heterocycles. The van der Waals surface area contributed by atoms with Crippen LogP contribution >= 0.6 is 0 Å². The first-order valence-corrected chi connectivity index (χ1v) is 7.54. The second kappa shape index (κ2) is 6.24. The van der Waals surface area contributed by atoms with E-state index in [-0.39, 0.29) is 0 Å². The molecule has 0 unspecified atom stereocenters. The maximum Gasteiger partial charge on any atom is 0.138 e. The molecule has 112 valence electrons. The van der Waals surface area contributed by atoms with Crippen LogP contribution in [0.3, 0.4) is 0 Å². The molecule has 0 amide bonds. The van der Waals surface area contributed by atoms with Crippen LogP contribution in [0.2, 0.25) is 0 Å². The largest absolute Gasteiger partial charge is 0.381 e. The lowest BCUT2D eigenvalue weighted by molar-refractivity contribution is -0.0609. The number of morpholine rings is 1. The fourth-order valence-corrected chi connectivity index (χ4v) is 3.62. The van der Waals surface area contributed by atoms with Gasteiger partial charge in [0.25, 0.3) is 0 Å². The topological polar surface area (TPSA) is 47.7 Å². The number of aryl methyl sites for hydroxylation is 1. The number of rotatable bonds is 4. The molecule has 3 atom stereocenters. The molecule has 2 heterocycles. The summed E-state index contributed by atoms with van der Waals surface area (Å²) >= 11 is 0. The minimum atomic E-state index is 0.382. The molecule has 0 radical (unpaired) electrons. The van der Waals surface area contributed by atoms with Gasteiger partial charge in [-0.15, -0.1) is 0 Å². The first kappa shape index (κ1) is 14.0. The van der Waals surface area contributed by atoms with Crippen molar-refractivity contribution in [1.82, 2.24) is 10.1 Å². The van der Waals surface area contributed by atoms with Crippen molar-refractivity contribution >= 4 is 0 Å². The third kappa shape index (κ3) is 2.75. The van der Waals surface area contributed by atoms with Crippen LogP contribution in [-0.2, 0) is 16.0 Å². The molecule has 0 aromatic carbocycles. The minimum Gasteiger partial charge on any atom is -0.381 e. The van der Waals surface area contributed by atoms with E-state index in [2.05, 4.69) is 10.1 Å². The highest BCUT2D eigenvalue weighted by molar-refractivity contribution is 5.12. The molecule has 0 bridgehead atoms. The lowest BCUT2D eigenvalue weighted by Gasteiger charge is -2.40. The van der Waals surface area contributed by atoms with E-state index >= 15 is 0 Å². The van der Waals surface area contributed by atoms with Crippen LogP contribution in [0.25, 0.3) is 0 Å². The van der Waals surface area contributed by atoms with Crippen LogP contribution in [0.15, 0.2) is 10.7 Å². The Hall–Kier alpha value is -0.910. The maximum absolute atomic E-state index is 5.73. The Morgan fingerprint density at radius 3 is 3.10 bits per heavy atom. The third-order valence-corrected chi connectivity index (χ3v) is 4.80. The molecule has 20 heavy (non-hydrogen) atoms. The summed E-state index contributed by atoms with van der Waals surface area (Å²) in [5.74, 6) is 1.51. The van der Waals surface area contributed by atoms with Crippen molar-refractivity contribution in [2.24, 2.45) is 5.92 Å². The van der Waals surface area contributed by atoms with Crippen molar-refractivity contribution in [2.45, 2.75) is 44.9 Å². The molecule has 0 N–H and O–H groups in total. The van der Waals surface area contributed by atoms with E-state index in [1.807, 2.05) is 20.2 Å². The van der Waals surface area contributed by atoms with Crippen molar-refractivity contribution in [2.75, 3.05) is 26.9 Å². The number of ether oxygens (including phenoxy) is 2.